The molecule has 0 bridgehead atoms. The van der Waals surface area contributed by atoms with Gasteiger partial charge in [0.2, 0.25) is 11.1 Å². The third-order valence-electron chi connectivity index (χ3n) is 6.16. The van der Waals surface area contributed by atoms with Crippen molar-refractivity contribution in [3.63, 3.8) is 0 Å². The van der Waals surface area contributed by atoms with E-state index in [1.807, 2.05) is 18.7 Å². The minimum absolute atomic E-state index is 0.146. The lowest BCUT2D eigenvalue weighted by Gasteiger charge is -2.35. The van der Waals surface area contributed by atoms with Crippen LogP contribution in [0.4, 0.5) is 4.39 Å². The first-order valence-electron chi connectivity index (χ1n) is 11.0. The molecule has 0 aliphatic carbocycles. The molecule has 1 aliphatic heterocycles. The molecule has 32 heavy (non-hydrogen) atoms. The standard InChI is InChI=1S/C23H27ClFN5OS/c1-4-18-7-5-6-10-29(18)21(31)13-32-23-27-22-26-14(2)19(15(3)30(22)28-23)11-16-8-9-17(25)12-20(16)24/h8-9,12,18H,4-7,10-11,13H2,1-3H3/t18-/m0/s1. The second kappa shape index (κ2) is 9.75. The summed E-state index contributed by atoms with van der Waals surface area (Å²) < 4.78 is 15.1. The zero-order valence-electron chi connectivity index (χ0n) is 18.6. The van der Waals surface area contributed by atoms with Gasteiger partial charge in [0.1, 0.15) is 5.82 Å². The summed E-state index contributed by atoms with van der Waals surface area (Å²) in [6, 6.07) is 4.77. The third-order valence-corrected chi connectivity index (χ3v) is 7.33. The Kier molecular flexibility index (Phi) is 7.00. The van der Waals surface area contributed by atoms with E-state index in [9.17, 15) is 9.18 Å². The van der Waals surface area contributed by atoms with Crippen molar-refractivity contribution in [2.75, 3.05) is 12.3 Å². The van der Waals surface area contributed by atoms with Gasteiger partial charge >= 0.3 is 0 Å². The first-order chi connectivity index (χ1) is 15.4. The van der Waals surface area contributed by atoms with Crippen molar-refractivity contribution in [1.82, 2.24) is 24.5 Å². The van der Waals surface area contributed by atoms with Crippen LogP contribution in [0.2, 0.25) is 5.02 Å². The van der Waals surface area contributed by atoms with Crippen molar-refractivity contribution < 1.29 is 9.18 Å². The van der Waals surface area contributed by atoms with Gasteiger partial charge < -0.3 is 4.90 Å². The highest BCUT2D eigenvalue weighted by molar-refractivity contribution is 7.99. The highest BCUT2D eigenvalue weighted by Gasteiger charge is 2.25. The Morgan fingerprint density at radius 1 is 1.28 bits per heavy atom. The summed E-state index contributed by atoms with van der Waals surface area (Å²) in [6.45, 7) is 6.86. The van der Waals surface area contributed by atoms with E-state index in [1.165, 1.54) is 30.3 Å². The number of nitrogens with zero attached hydrogens (tertiary/aromatic N) is 5. The minimum atomic E-state index is -0.358. The zero-order valence-corrected chi connectivity index (χ0v) is 20.1. The number of hydrogen-bond acceptors (Lipinski definition) is 5. The molecule has 0 radical (unpaired) electrons. The second-order valence-corrected chi connectivity index (χ2v) is 9.56. The largest absolute Gasteiger partial charge is 0.339 e. The third kappa shape index (κ3) is 4.76. The number of carbonyl (C=O) groups is 1. The lowest BCUT2D eigenvalue weighted by molar-refractivity contribution is -0.132. The lowest BCUT2D eigenvalue weighted by Crippen LogP contribution is -2.44. The molecule has 1 saturated heterocycles. The Labute approximate surface area is 196 Å². The van der Waals surface area contributed by atoms with Crippen LogP contribution >= 0.6 is 23.4 Å². The Balaban J connectivity index is 1.52. The number of thioether (sulfide) groups is 1. The maximum Gasteiger partial charge on any atom is 0.253 e. The molecule has 3 heterocycles. The smallest absolute Gasteiger partial charge is 0.253 e. The number of halogens is 2. The molecule has 170 valence electrons. The maximum atomic E-state index is 13.4. The number of rotatable bonds is 6. The van der Waals surface area contributed by atoms with Crippen LogP contribution < -0.4 is 0 Å². The number of hydrogen-bond donors (Lipinski definition) is 0. The van der Waals surface area contributed by atoms with Crippen molar-refractivity contribution in [3.05, 3.63) is 51.6 Å². The molecule has 1 fully saturated rings. The van der Waals surface area contributed by atoms with Crippen LogP contribution in [0.3, 0.4) is 0 Å². The predicted octanol–water partition coefficient (Wildman–Crippen LogP) is 5.01. The Hall–Kier alpha value is -2.19. The van der Waals surface area contributed by atoms with E-state index in [2.05, 4.69) is 22.0 Å². The molecule has 1 amide bonds. The van der Waals surface area contributed by atoms with Crippen LogP contribution in [-0.4, -0.2) is 48.7 Å². The Bertz CT molecular complexity index is 1150. The monoisotopic (exact) mass is 475 g/mol. The van der Waals surface area contributed by atoms with Crippen LogP contribution in [0.15, 0.2) is 23.4 Å². The van der Waals surface area contributed by atoms with E-state index in [-0.39, 0.29) is 11.7 Å². The molecule has 2 aromatic heterocycles. The SMILES string of the molecule is CC[C@H]1CCCCN1C(=O)CSc1nc2nc(C)c(Cc3ccc(F)cc3Cl)c(C)n2n1. The number of carbonyl (C=O) groups excluding carboxylic acids is 1. The van der Waals surface area contributed by atoms with Gasteiger partial charge in [0.05, 0.1) is 5.75 Å². The van der Waals surface area contributed by atoms with Gasteiger partial charge in [-0.15, -0.1) is 5.10 Å². The Morgan fingerprint density at radius 3 is 2.84 bits per heavy atom. The minimum Gasteiger partial charge on any atom is -0.339 e. The molecular formula is C23H27ClFN5OS. The first-order valence-corrected chi connectivity index (χ1v) is 12.3. The molecule has 4 rings (SSSR count). The predicted molar refractivity (Wildman–Crippen MR) is 125 cm³/mol. The molecular weight excluding hydrogens is 449 g/mol. The average Bonchev–Trinajstić information content (AvgIpc) is 3.19. The molecule has 9 heteroatoms. The number of fused-ring (bicyclic) bond motifs is 1. The molecule has 3 aromatic rings. The lowest BCUT2D eigenvalue weighted by atomic mass is 10.0. The molecule has 0 unspecified atom stereocenters. The van der Waals surface area contributed by atoms with Crippen LogP contribution in [0.25, 0.3) is 5.78 Å². The van der Waals surface area contributed by atoms with E-state index in [1.54, 1.807) is 10.6 Å². The van der Waals surface area contributed by atoms with E-state index in [0.717, 1.165) is 48.3 Å². The molecule has 1 atom stereocenters. The summed E-state index contributed by atoms with van der Waals surface area (Å²) in [5, 5.41) is 5.52. The zero-order chi connectivity index (χ0) is 22.8. The molecule has 0 saturated carbocycles. The Morgan fingerprint density at radius 2 is 2.09 bits per heavy atom. The van der Waals surface area contributed by atoms with Gasteiger partial charge in [-0.1, -0.05) is 36.4 Å². The fourth-order valence-electron chi connectivity index (χ4n) is 4.33. The van der Waals surface area contributed by atoms with Crippen LogP contribution in [0.5, 0.6) is 0 Å². The van der Waals surface area contributed by atoms with Crippen molar-refractivity contribution in [2.45, 2.75) is 64.1 Å². The van der Waals surface area contributed by atoms with Crippen molar-refractivity contribution >= 4 is 35.0 Å². The molecule has 1 aliphatic rings. The van der Waals surface area contributed by atoms with Crippen LogP contribution in [0.1, 0.15) is 55.1 Å². The van der Waals surface area contributed by atoms with E-state index < -0.39 is 0 Å². The topological polar surface area (TPSA) is 63.4 Å². The summed E-state index contributed by atoms with van der Waals surface area (Å²) in [5.41, 5.74) is 3.53. The normalized spacial score (nSPS) is 16.7. The van der Waals surface area contributed by atoms with Gasteiger partial charge in [-0.2, -0.15) is 4.98 Å². The molecule has 1 aromatic carbocycles. The average molecular weight is 476 g/mol. The fraction of sp³-hybridized carbons (Fsp3) is 0.478. The van der Waals surface area contributed by atoms with E-state index >= 15 is 0 Å². The highest BCUT2D eigenvalue weighted by Crippen LogP contribution is 2.26. The number of aromatic nitrogens is 4. The van der Waals surface area contributed by atoms with Gasteiger partial charge in [0, 0.05) is 35.4 Å². The molecule has 0 N–H and O–H groups in total. The number of aryl methyl sites for hydroxylation is 2. The summed E-state index contributed by atoms with van der Waals surface area (Å²) in [5.74, 6) is 0.619. The second-order valence-electron chi connectivity index (χ2n) is 8.21. The van der Waals surface area contributed by atoms with E-state index in [0.29, 0.717) is 34.2 Å². The molecule has 0 spiro atoms. The number of benzene rings is 1. The molecule has 6 nitrogen and oxygen atoms in total. The van der Waals surface area contributed by atoms with Crippen molar-refractivity contribution in [3.8, 4) is 0 Å². The fourth-order valence-corrected chi connectivity index (χ4v) is 5.26. The van der Waals surface area contributed by atoms with Crippen LogP contribution in [-0.2, 0) is 11.2 Å². The summed E-state index contributed by atoms with van der Waals surface area (Å²) in [7, 11) is 0. The number of likely N-dealkylation sites (tertiary alicyclic amines) is 1. The summed E-state index contributed by atoms with van der Waals surface area (Å²) in [6.07, 6.45) is 4.87. The quantitative estimate of drug-likeness (QED) is 0.469. The number of piperidine rings is 1. The number of amides is 1. The van der Waals surface area contributed by atoms with Gasteiger partial charge in [-0.25, -0.2) is 13.9 Å². The summed E-state index contributed by atoms with van der Waals surface area (Å²) in [4.78, 5) is 23.9. The van der Waals surface area contributed by atoms with E-state index in [4.69, 9.17) is 11.6 Å². The van der Waals surface area contributed by atoms with Crippen molar-refractivity contribution in [1.29, 1.82) is 0 Å². The highest BCUT2D eigenvalue weighted by atomic mass is 35.5. The first kappa shape index (κ1) is 23.0. The van der Waals surface area contributed by atoms with Gasteiger partial charge in [0.15, 0.2) is 0 Å². The van der Waals surface area contributed by atoms with Gasteiger partial charge in [0.25, 0.3) is 5.78 Å². The van der Waals surface area contributed by atoms with Crippen LogP contribution in [0, 0.1) is 19.7 Å². The van der Waals surface area contributed by atoms with Gasteiger partial charge in [-0.05, 0) is 62.8 Å². The summed E-state index contributed by atoms with van der Waals surface area (Å²) >= 11 is 7.58. The maximum absolute atomic E-state index is 13.4. The van der Waals surface area contributed by atoms with Crippen molar-refractivity contribution in [2.24, 2.45) is 0 Å². The van der Waals surface area contributed by atoms with Gasteiger partial charge in [-0.3, -0.25) is 4.79 Å².